The standard InChI is InChI=1S/C18H29N3O2S/c1-14(2)16-10-15(11-24-16)17(22)21-5-4-18(23,13-21)12-20-8-6-19(3)7-9-20/h10-11,14,23H,4-9,12-13H2,1-3H3/t18-/m1/s1. The number of rotatable bonds is 4. The third-order valence-electron chi connectivity index (χ3n) is 5.17. The Morgan fingerprint density at radius 3 is 2.62 bits per heavy atom. The van der Waals surface area contributed by atoms with E-state index in [1.54, 1.807) is 11.3 Å². The van der Waals surface area contributed by atoms with Gasteiger partial charge in [0.1, 0.15) is 0 Å². The first-order valence-electron chi connectivity index (χ1n) is 8.87. The summed E-state index contributed by atoms with van der Waals surface area (Å²) in [7, 11) is 2.13. The molecule has 1 atom stereocenters. The van der Waals surface area contributed by atoms with Crippen LogP contribution in [-0.4, -0.2) is 84.2 Å². The minimum absolute atomic E-state index is 0.0625. The van der Waals surface area contributed by atoms with Gasteiger partial charge in [0.25, 0.3) is 5.91 Å². The fourth-order valence-electron chi connectivity index (χ4n) is 3.53. The maximum absolute atomic E-state index is 12.7. The van der Waals surface area contributed by atoms with E-state index in [1.807, 2.05) is 16.3 Å². The van der Waals surface area contributed by atoms with Crippen molar-refractivity contribution in [3.05, 3.63) is 21.9 Å². The molecule has 1 N–H and O–H groups in total. The van der Waals surface area contributed by atoms with Crippen LogP contribution in [0.15, 0.2) is 11.4 Å². The van der Waals surface area contributed by atoms with E-state index in [0.29, 0.717) is 32.0 Å². The number of β-amino-alcohol motifs (C(OH)–C–C–N with tert-alkyl or cyclic N) is 1. The lowest BCUT2D eigenvalue weighted by Gasteiger charge is -2.36. The molecule has 1 aromatic heterocycles. The molecule has 0 aromatic carbocycles. The van der Waals surface area contributed by atoms with E-state index in [2.05, 4.69) is 30.7 Å². The molecule has 2 saturated heterocycles. The highest BCUT2D eigenvalue weighted by Gasteiger charge is 2.40. The lowest BCUT2D eigenvalue weighted by molar-refractivity contribution is 0.000530. The van der Waals surface area contributed by atoms with Crippen molar-refractivity contribution in [3.8, 4) is 0 Å². The lowest BCUT2D eigenvalue weighted by atomic mass is 10.0. The number of likely N-dealkylation sites (N-methyl/N-ethyl adjacent to an activating group) is 1. The van der Waals surface area contributed by atoms with Gasteiger partial charge in [-0.1, -0.05) is 13.8 Å². The monoisotopic (exact) mass is 351 g/mol. The molecular weight excluding hydrogens is 322 g/mol. The molecule has 2 aliphatic heterocycles. The van der Waals surface area contributed by atoms with E-state index < -0.39 is 5.60 Å². The summed E-state index contributed by atoms with van der Waals surface area (Å²) in [5.41, 5.74) is 0.00944. The van der Waals surface area contributed by atoms with E-state index >= 15 is 0 Å². The van der Waals surface area contributed by atoms with Gasteiger partial charge in [-0.2, -0.15) is 0 Å². The SMILES string of the molecule is CC(C)c1cc(C(=O)N2CC[C@@](O)(CN3CCN(C)CC3)C2)cs1. The minimum atomic E-state index is -0.761. The molecule has 0 bridgehead atoms. The molecule has 0 spiro atoms. The molecule has 0 radical (unpaired) electrons. The van der Waals surface area contributed by atoms with Crippen LogP contribution >= 0.6 is 11.3 Å². The molecule has 2 fully saturated rings. The number of carbonyl (C=O) groups is 1. The molecule has 2 aliphatic rings. The Balaban J connectivity index is 1.58. The van der Waals surface area contributed by atoms with Gasteiger partial charge in [0.05, 0.1) is 17.7 Å². The summed E-state index contributed by atoms with van der Waals surface area (Å²) in [6.07, 6.45) is 0.673. The highest BCUT2D eigenvalue weighted by atomic mass is 32.1. The first kappa shape index (κ1) is 17.9. The molecular formula is C18H29N3O2S. The van der Waals surface area contributed by atoms with Gasteiger partial charge in [0.15, 0.2) is 0 Å². The van der Waals surface area contributed by atoms with Gasteiger partial charge in [-0.25, -0.2) is 0 Å². The van der Waals surface area contributed by atoms with Gasteiger partial charge in [0.2, 0.25) is 0 Å². The van der Waals surface area contributed by atoms with Crippen molar-refractivity contribution in [2.24, 2.45) is 0 Å². The van der Waals surface area contributed by atoms with E-state index in [4.69, 9.17) is 0 Å². The molecule has 3 rings (SSSR count). The highest BCUT2D eigenvalue weighted by molar-refractivity contribution is 7.10. The third-order valence-corrected chi connectivity index (χ3v) is 6.40. The average molecular weight is 352 g/mol. The zero-order valence-corrected chi connectivity index (χ0v) is 15.8. The third kappa shape index (κ3) is 3.99. The van der Waals surface area contributed by atoms with Gasteiger partial charge in [0, 0.05) is 49.5 Å². The van der Waals surface area contributed by atoms with Gasteiger partial charge in [-0.05, 0) is 25.5 Å². The summed E-state index contributed by atoms with van der Waals surface area (Å²) in [5, 5.41) is 12.9. The Hall–Kier alpha value is -0.950. The number of hydrogen-bond acceptors (Lipinski definition) is 5. The maximum atomic E-state index is 12.7. The summed E-state index contributed by atoms with van der Waals surface area (Å²) < 4.78 is 0. The van der Waals surface area contributed by atoms with Crippen LogP contribution < -0.4 is 0 Å². The molecule has 134 valence electrons. The number of aliphatic hydroxyl groups is 1. The Labute approximate surface area is 148 Å². The van der Waals surface area contributed by atoms with Crippen molar-refractivity contribution in [3.63, 3.8) is 0 Å². The number of thiophene rings is 1. The fourth-order valence-corrected chi connectivity index (χ4v) is 4.43. The van der Waals surface area contributed by atoms with Gasteiger partial charge in [-0.15, -0.1) is 11.3 Å². The Kier molecular flexibility index (Phi) is 5.30. The van der Waals surface area contributed by atoms with Crippen LogP contribution in [0.3, 0.4) is 0 Å². The molecule has 0 aliphatic carbocycles. The predicted octanol–water partition coefficient (Wildman–Crippen LogP) is 1.70. The molecule has 0 unspecified atom stereocenters. The van der Waals surface area contributed by atoms with Gasteiger partial charge in [-0.3, -0.25) is 9.69 Å². The Morgan fingerprint density at radius 2 is 2.00 bits per heavy atom. The average Bonchev–Trinajstić information content (AvgIpc) is 3.16. The lowest BCUT2D eigenvalue weighted by Crippen LogP contribution is -2.52. The second kappa shape index (κ2) is 7.12. The quantitative estimate of drug-likeness (QED) is 0.897. The van der Waals surface area contributed by atoms with Crippen LogP contribution in [0.4, 0.5) is 0 Å². The number of nitrogens with zero attached hydrogens (tertiary/aromatic N) is 3. The van der Waals surface area contributed by atoms with Gasteiger partial charge < -0.3 is 14.9 Å². The maximum Gasteiger partial charge on any atom is 0.254 e. The predicted molar refractivity (Wildman–Crippen MR) is 97.8 cm³/mol. The largest absolute Gasteiger partial charge is 0.387 e. The second-order valence-corrected chi connectivity index (χ2v) is 8.62. The van der Waals surface area contributed by atoms with Crippen molar-refractivity contribution >= 4 is 17.2 Å². The number of piperazine rings is 1. The summed E-state index contributed by atoms with van der Waals surface area (Å²) in [4.78, 5) is 20.4. The fraction of sp³-hybridized carbons (Fsp3) is 0.722. The van der Waals surface area contributed by atoms with Crippen molar-refractivity contribution in [2.75, 3.05) is 52.9 Å². The zero-order valence-electron chi connectivity index (χ0n) is 15.0. The van der Waals surface area contributed by atoms with E-state index in [-0.39, 0.29) is 5.91 Å². The topological polar surface area (TPSA) is 47.0 Å². The normalized spacial score (nSPS) is 26.5. The van der Waals surface area contributed by atoms with Crippen LogP contribution in [0.1, 0.15) is 41.4 Å². The molecule has 3 heterocycles. The number of hydrogen-bond donors (Lipinski definition) is 1. The molecule has 5 nitrogen and oxygen atoms in total. The van der Waals surface area contributed by atoms with Crippen LogP contribution in [0.2, 0.25) is 0 Å². The smallest absolute Gasteiger partial charge is 0.254 e. The summed E-state index contributed by atoms with van der Waals surface area (Å²) in [6.45, 7) is 10.1. The summed E-state index contributed by atoms with van der Waals surface area (Å²) in [6, 6.07) is 2.01. The van der Waals surface area contributed by atoms with Crippen LogP contribution in [0, 0.1) is 0 Å². The molecule has 24 heavy (non-hydrogen) atoms. The zero-order chi connectivity index (χ0) is 17.3. The summed E-state index contributed by atoms with van der Waals surface area (Å²) in [5.74, 6) is 0.511. The first-order chi connectivity index (χ1) is 11.4. The summed E-state index contributed by atoms with van der Waals surface area (Å²) >= 11 is 1.65. The van der Waals surface area contributed by atoms with Crippen molar-refractivity contribution in [1.82, 2.24) is 14.7 Å². The Morgan fingerprint density at radius 1 is 1.29 bits per heavy atom. The number of likely N-dealkylation sites (tertiary alicyclic amines) is 1. The van der Waals surface area contributed by atoms with E-state index in [0.717, 1.165) is 31.7 Å². The molecule has 0 saturated carbocycles. The van der Waals surface area contributed by atoms with Crippen molar-refractivity contribution in [2.45, 2.75) is 31.8 Å². The highest BCUT2D eigenvalue weighted by Crippen LogP contribution is 2.28. The van der Waals surface area contributed by atoms with E-state index in [9.17, 15) is 9.90 Å². The van der Waals surface area contributed by atoms with Crippen LogP contribution in [0.5, 0.6) is 0 Å². The van der Waals surface area contributed by atoms with Gasteiger partial charge >= 0.3 is 0 Å². The van der Waals surface area contributed by atoms with Crippen molar-refractivity contribution < 1.29 is 9.90 Å². The number of carbonyl (C=O) groups excluding carboxylic acids is 1. The van der Waals surface area contributed by atoms with Crippen LogP contribution in [0.25, 0.3) is 0 Å². The van der Waals surface area contributed by atoms with Crippen molar-refractivity contribution in [1.29, 1.82) is 0 Å². The number of amides is 1. The Bertz CT molecular complexity index is 581. The molecule has 1 amide bonds. The van der Waals surface area contributed by atoms with E-state index in [1.165, 1.54) is 4.88 Å². The second-order valence-electron chi connectivity index (χ2n) is 7.67. The minimum Gasteiger partial charge on any atom is -0.387 e. The first-order valence-corrected chi connectivity index (χ1v) is 9.75. The molecule has 6 heteroatoms. The van der Waals surface area contributed by atoms with Crippen LogP contribution in [-0.2, 0) is 0 Å². The molecule has 1 aromatic rings.